The Morgan fingerprint density at radius 1 is 1.19 bits per heavy atom. The number of hydrogen-bond donors (Lipinski definition) is 0. The normalized spacial score (nSPS) is 23.7. The first-order valence-corrected chi connectivity index (χ1v) is 11.6. The molecule has 0 bridgehead atoms. The zero-order valence-electron chi connectivity index (χ0n) is 14.5. The molecule has 2 heterocycles. The second kappa shape index (κ2) is 7.26. The Balaban J connectivity index is 1.73. The summed E-state index contributed by atoms with van der Waals surface area (Å²) in [5.41, 5.74) is 0.331. The van der Waals surface area contributed by atoms with E-state index in [-0.39, 0.29) is 28.4 Å². The minimum absolute atomic E-state index is 0.0290. The fraction of sp³-hybridized carbons (Fsp3) is 0.562. The second-order valence-corrected chi connectivity index (χ2v) is 10.7. The van der Waals surface area contributed by atoms with Crippen LogP contribution in [0.25, 0.3) is 0 Å². The number of hydrogen-bond acceptors (Lipinski definition) is 6. The van der Waals surface area contributed by atoms with Crippen LogP contribution >= 0.6 is 0 Å². The maximum atomic E-state index is 12.6. The molecular weight excluding hydrogens is 380 g/mol. The van der Waals surface area contributed by atoms with E-state index < -0.39 is 19.9 Å². The van der Waals surface area contributed by atoms with E-state index in [1.807, 2.05) is 0 Å². The van der Waals surface area contributed by atoms with Crippen molar-refractivity contribution < 1.29 is 26.4 Å². The van der Waals surface area contributed by atoms with E-state index in [9.17, 15) is 21.6 Å². The molecule has 0 spiro atoms. The van der Waals surface area contributed by atoms with E-state index in [2.05, 4.69) is 0 Å². The highest BCUT2D eigenvalue weighted by molar-refractivity contribution is 7.91. The molecule has 0 aromatic heterocycles. The number of nitrogens with zero attached hydrogens (tertiary/aromatic N) is 2. The molecule has 1 aromatic rings. The Hall–Kier alpha value is -1.49. The van der Waals surface area contributed by atoms with Gasteiger partial charge < -0.3 is 9.64 Å². The molecule has 0 aliphatic carbocycles. The predicted octanol–water partition coefficient (Wildman–Crippen LogP) is -0.0334. The van der Waals surface area contributed by atoms with Crippen LogP contribution in [0.15, 0.2) is 29.2 Å². The Morgan fingerprint density at radius 3 is 2.35 bits per heavy atom. The molecule has 1 aromatic carbocycles. The van der Waals surface area contributed by atoms with Gasteiger partial charge in [-0.3, -0.25) is 4.79 Å². The summed E-state index contributed by atoms with van der Waals surface area (Å²) in [5, 5.41) is 0. The largest absolute Gasteiger partial charge is 0.379 e. The highest BCUT2D eigenvalue weighted by atomic mass is 32.2. The smallest absolute Gasteiger partial charge is 0.253 e. The van der Waals surface area contributed by atoms with Crippen molar-refractivity contribution >= 4 is 25.8 Å². The summed E-state index contributed by atoms with van der Waals surface area (Å²) in [7, 11) is -5.11. The van der Waals surface area contributed by atoms with Gasteiger partial charge in [0, 0.05) is 31.7 Å². The van der Waals surface area contributed by atoms with Gasteiger partial charge in [0.05, 0.1) is 29.6 Å². The first-order valence-electron chi connectivity index (χ1n) is 8.36. The highest BCUT2D eigenvalue weighted by Gasteiger charge is 2.33. The van der Waals surface area contributed by atoms with Gasteiger partial charge in [-0.1, -0.05) is 0 Å². The fourth-order valence-electron chi connectivity index (χ4n) is 3.16. The van der Waals surface area contributed by atoms with Gasteiger partial charge in [0.2, 0.25) is 10.0 Å². The van der Waals surface area contributed by atoms with Crippen LogP contribution in [0.5, 0.6) is 0 Å². The number of morpholine rings is 1. The molecule has 1 amide bonds. The van der Waals surface area contributed by atoms with E-state index in [0.29, 0.717) is 38.3 Å². The molecule has 26 heavy (non-hydrogen) atoms. The van der Waals surface area contributed by atoms with Crippen molar-refractivity contribution in [2.45, 2.75) is 17.4 Å². The van der Waals surface area contributed by atoms with Crippen LogP contribution in [0.2, 0.25) is 0 Å². The van der Waals surface area contributed by atoms with Gasteiger partial charge in [-0.25, -0.2) is 16.8 Å². The van der Waals surface area contributed by atoms with Crippen LogP contribution in [0.1, 0.15) is 16.8 Å². The van der Waals surface area contributed by atoms with E-state index in [4.69, 9.17) is 4.74 Å². The van der Waals surface area contributed by atoms with Crippen molar-refractivity contribution in [1.82, 2.24) is 9.21 Å². The topological polar surface area (TPSA) is 101 Å². The number of sulfonamides is 1. The first kappa shape index (κ1) is 19.3. The van der Waals surface area contributed by atoms with Crippen molar-refractivity contribution in [1.29, 1.82) is 0 Å². The summed E-state index contributed by atoms with van der Waals surface area (Å²) in [6.07, 6.45) is 0.425. The first-order chi connectivity index (χ1) is 12.2. The summed E-state index contributed by atoms with van der Waals surface area (Å²) in [4.78, 5) is 14.1. The number of amides is 1. The molecule has 2 saturated heterocycles. The number of sulfone groups is 1. The minimum atomic E-state index is -3.61. The molecule has 10 heteroatoms. The third-order valence-corrected chi connectivity index (χ3v) is 8.45. The summed E-state index contributed by atoms with van der Waals surface area (Å²) < 4.78 is 54.9. The molecule has 8 nitrogen and oxygen atoms in total. The number of carbonyl (C=O) groups excluding carboxylic acids is 1. The summed E-state index contributed by atoms with van der Waals surface area (Å²) in [5.74, 6) is -0.257. The summed E-state index contributed by atoms with van der Waals surface area (Å²) in [6, 6.07) is 5.42. The monoisotopic (exact) mass is 402 g/mol. The number of carbonyl (C=O) groups is 1. The van der Waals surface area contributed by atoms with Crippen molar-refractivity contribution in [2.24, 2.45) is 0 Å². The molecule has 2 fully saturated rings. The van der Waals surface area contributed by atoms with Crippen molar-refractivity contribution in [3.05, 3.63) is 29.8 Å². The zero-order valence-corrected chi connectivity index (χ0v) is 16.1. The van der Waals surface area contributed by atoms with Crippen molar-refractivity contribution in [2.75, 3.05) is 44.9 Å². The van der Waals surface area contributed by atoms with Crippen LogP contribution in [0.3, 0.4) is 0 Å². The average molecular weight is 402 g/mol. The lowest BCUT2D eigenvalue weighted by Crippen LogP contribution is -2.40. The number of benzene rings is 1. The van der Waals surface area contributed by atoms with E-state index in [0.717, 1.165) is 0 Å². The maximum absolute atomic E-state index is 12.6. The standard InChI is InChI=1S/C16H22N2O6S2/c1-17(14-6-11-25(20,21)12-14)16(19)13-2-4-15(5-3-13)26(22,23)18-7-9-24-10-8-18/h2-5,14H,6-12H2,1H3/t14-/m0/s1. The van der Waals surface area contributed by atoms with Gasteiger partial charge in [0.25, 0.3) is 5.91 Å². The van der Waals surface area contributed by atoms with Gasteiger partial charge in [-0.05, 0) is 30.7 Å². The third kappa shape index (κ3) is 3.93. The molecule has 3 rings (SSSR count). The Morgan fingerprint density at radius 2 is 1.81 bits per heavy atom. The Bertz CT molecular complexity index is 874. The molecule has 144 valence electrons. The average Bonchev–Trinajstić information content (AvgIpc) is 3.01. The van der Waals surface area contributed by atoms with E-state index in [1.54, 1.807) is 7.05 Å². The van der Waals surface area contributed by atoms with Crippen LogP contribution in [-0.4, -0.2) is 82.8 Å². The van der Waals surface area contributed by atoms with Gasteiger partial charge >= 0.3 is 0 Å². The lowest BCUT2D eigenvalue weighted by molar-refractivity contribution is 0.0730. The lowest BCUT2D eigenvalue weighted by Gasteiger charge is -2.26. The van der Waals surface area contributed by atoms with Gasteiger partial charge in [0.15, 0.2) is 9.84 Å². The molecule has 0 radical (unpaired) electrons. The fourth-order valence-corrected chi connectivity index (χ4v) is 6.34. The molecule has 0 N–H and O–H groups in total. The van der Waals surface area contributed by atoms with Crippen LogP contribution < -0.4 is 0 Å². The summed E-state index contributed by atoms with van der Waals surface area (Å²) in [6.45, 7) is 1.35. The number of ether oxygens (including phenoxy) is 1. The molecule has 2 aliphatic rings. The second-order valence-electron chi connectivity index (χ2n) is 6.51. The predicted molar refractivity (Wildman–Crippen MR) is 95.2 cm³/mol. The Kier molecular flexibility index (Phi) is 5.38. The Labute approximate surface area is 153 Å². The maximum Gasteiger partial charge on any atom is 0.253 e. The van der Waals surface area contributed by atoms with E-state index in [1.165, 1.54) is 33.5 Å². The molecular formula is C16H22N2O6S2. The molecule has 2 aliphatic heterocycles. The number of rotatable bonds is 4. The van der Waals surface area contributed by atoms with Crippen molar-refractivity contribution in [3.8, 4) is 0 Å². The van der Waals surface area contributed by atoms with E-state index >= 15 is 0 Å². The van der Waals surface area contributed by atoms with Gasteiger partial charge in [0.1, 0.15) is 0 Å². The quantitative estimate of drug-likeness (QED) is 0.701. The molecule has 1 atom stereocenters. The van der Waals surface area contributed by atoms with Crippen LogP contribution in [-0.2, 0) is 24.6 Å². The summed E-state index contributed by atoms with van der Waals surface area (Å²) >= 11 is 0. The van der Waals surface area contributed by atoms with Crippen LogP contribution in [0, 0.1) is 0 Å². The SMILES string of the molecule is CN(C(=O)c1ccc(S(=O)(=O)N2CCOCC2)cc1)[C@H]1CCS(=O)(=O)C1. The van der Waals surface area contributed by atoms with Gasteiger partial charge in [-0.2, -0.15) is 4.31 Å². The van der Waals surface area contributed by atoms with Crippen molar-refractivity contribution in [3.63, 3.8) is 0 Å². The van der Waals surface area contributed by atoms with Gasteiger partial charge in [-0.15, -0.1) is 0 Å². The zero-order chi connectivity index (χ0) is 18.9. The molecule has 0 unspecified atom stereocenters. The lowest BCUT2D eigenvalue weighted by atomic mass is 10.1. The highest BCUT2D eigenvalue weighted by Crippen LogP contribution is 2.21. The van der Waals surface area contributed by atoms with Crippen LogP contribution in [0.4, 0.5) is 0 Å². The molecule has 0 saturated carbocycles. The minimum Gasteiger partial charge on any atom is -0.379 e. The third-order valence-electron chi connectivity index (χ3n) is 4.79.